The third kappa shape index (κ3) is 3.82. The maximum atomic E-state index is 13.4. The van der Waals surface area contributed by atoms with Crippen molar-refractivity contribution >= 4 is 16.7 Å². The van der Waals surface area contributed by atoms with Crippen LogP contribution in [-0.2, 0) is 6.42 Å². The first-order chi connectivity index (χ1) is 13.9. The largest absolute Gasteiger partial charge is 0.269 e. The van der Waals surface area contributed by atoms with Gasteiger partial charge in [0.2, 0.25) is 0 Å². The van der Waals surface area contributed by atoms with Gasteiger partial charge in [-0.25, -0.2) is 14.4 Å². The van der Waals surface area contributed by atoms with Gasteiger partial charge in [0.05, 0.1) is 27.3 Å². The van der Waals surface area contributed by atoms with Crippen LogP contribution in [0.3, 0.4) is 0 Å². The molecule has 0 amide bonds. The highest BCUT2D eigenvalue weighted by Gasteiger charge is 2.14. The Bertz CT molecular complexity index is 1220. The molecule has 6 heteroatoms. The Balaban J connectivity index is 1.85. The maximum absolute atomic E-state index is 13.4. The van der Waals surface area contributed by atoms with Crippen LogP contribution < -0.4 is 0 Å². The second-order valence-corrected chi connectivity index (χ2v) is 7.05. The summed E-state index contributed by atoms with van der Waals surface area (Å²) in [6, 6.07) is 16.6. The smallest absolute Gasteiger partial charge is 0.258 e. The number of aromatic nitrogens is 2. The van der Waals surface area contributed by atoms with Crippen LogP contribution >= 0.6 is 0 Å². The summed E-state index contributed by atoms with van der Waals surface area (Å²) in [5.41, 5.74) is 6.94. The third-order valence-electron chi connectivity index (χ3n) is 4.99. The molecule has 144 valence electrons. The van der Waals surface area contributed by atoms with Gasteiger partial charge in [0.25, 0.3) is 5.69 Å². The maximum Gasteiger partial charge on any atom is 0.269 e. The van der Waals surface area contributed by atoms with E-state index in [0.717, 1.165) is 39.0 Å². The van der Waals surface area contributed by atoms with Gasteiger partial charge in [0, 0.05) is 24.1 Å². The Morgan fingerprint density at radius 2 is 1.48 bits per heavy atom. The van der Waals surface area contributed by atoms with Crippen molar-refractivity contribution < 1.29 is 9.31 Å². The lowest BCUT2D eigenvalue weighted by molar-refractivity contribution is -0.384. The van der Waals surface area contributed by atoms with Crippen molar-refractivity contribution in [3.63, 3.8) is 0 Å². The van der Waals surface area contributed by atoms with Crippen molar-refractivity contribution in [3.8, 4) is 11.3 Å². The van der Waals surface area contributed by atoms with Gasteiger partial charge in [-0.3, -0.25) is 10.1 Å². The van der Waals surface area contributed by atoms with Gasteiger partial charge in [-0.15, -0.1) is 0 Å². The summed E-state index contributed by atoms with van der Waals surface area (Å²) in [5, 5.41) is 10.9. The molecule has 4 rings (SSSR count). The molecule has 0 atom stereocenters. The van der Waals surface area contributed by atoms with E-state index in [2.05, 4.69) is 0 Å². The van der Waals surface area contributed by atoms with Gasteiger partial charge in [0.15, 0.2) is 0 Å². The fourth-order valence-corrected chi connectivity index (χ4v) is 3.24. The van der Waals surface area contributed by atoms with Crippen LogP contribution in [0.1, 0.15) is 22.4 Å². The predicted octanol–water partition coefficient (Wildman–Crippen LogP) is 5.55. The molecule has 0 N–H and O–H groups in total. The first kappa shape index (κ1) is 18.7. The lowest BCUT2D eigenvalue weighted by Crippen LogP contribution is -2.01. The highest BCUT2D eigenvalue weighted by atomic mass is 19.1. The Hall–Kier alpha value is -3.67. The van der Waals surface area contributed by atoms with Crippen LogP contribution in [0.4, 0.5) is 10.1 Å². The Labute approximate surface area is 167 Å². The summed E-state index contributed by atoms with van der Waals surface area (Å²) in [7, 11) is 0. The minimum Gasteiger partial charge on any atom is -0.258 e. The summed E-state index contributed by atoms with van der Waals surface area (Å²) < 4.78 is 13.4. The Kier molecular flexibility index (Phi) is 4.76. The van der Waals surface area contributed by atoms with Crippen molar-refractivity contribution in [1.29, 1.82) is 0 Å². The monoisotopic (exact) mass is 387 g/mol. The number of non-ortho nitro benzene ring substituents is 1. The van der Waals surface area contributed by atoms with E-state index in [4.69, 9.17) is 9.97 Å². The molecule has 1 heterocycles. The Morgan fingerprint density at radius 1 is 0.897 bits per heavy atom. The second-order valence-electron chi connectivity index (χ2n) is 7.05. The summed E-state index contributed by atoms with van der Waals surface area (Å²) >= 11 is 0. The van der Waals surface area contributed by atoms with Crippen molar-refractivity contribution in [2.75, 3.05) is 0 Å². The number of nitrogens with zero attached hydrogens (tertiary/aromatic N) is 3. The normalized spacial score (nSPS) is 11.0. The van der Waals surface area contributed by atoms with E-state index >= 15 is 0 Å². The first-order valence-corrected chi connectivity index (χ1v) is 9.18. The number of halogens is 1. The lowest BCUT2D eigenvalue weighted by Gasteiger charge is -2.12. The van der Waals surface area contributed by atoms with Crippen LogP contribution in [0, 0.1) is 29.8 Å². The molecule has 0 aliphatic heterocycles. The molecule has 3 aromatic carbocycles. The fraction of sp³-hybridized carbons (Fsp3) is 0.130. The van der Waals surface area contributed by atoms with Crippen molar-refractivity contribution in [2.24, 2.45) is 0 Å². The van der Waals surface area contributed by atoms with E-state index < -0.39 is 4.92 Å². The van der Waals surface area contributed by atoms with E-state index in [1.165, 1.54) is 24.3 Å². The van der Waals surface area contributed by atoms with Gasteiger partial charge in [0.1, 0.15) is 5.82 Å². The van der Waals surface area contributed by atoms with Crippen molar-refractivity contribution in [1.82, 2.24) is 9.97 Å². The molecule has 0 radical (unpaired) electrons. The number of hydrogen-bond donors (Lipinski definition) is 0. The van der Waals surface area contributed by atoms with Gasteiger partial charge >= 0.3 is 0 Å². The third-order valence-corrected chi connectivity index (χ3v) is 4.99. The number of fused-ring (bicyclic) bond motifs is 1. The highest BCUT2D eigenvalue weighted by molar-refractivity contribution is 5.80. The predicted molar refractivity (Wildman–Crippen MR) is 110 cm³/mol. The number of aryl methyl sites for hydroxylation is 2. The van der Waals surface area contributed by atoms with Gasteiger partial charge in [-0.05, 0) is 66.9 Å². The number of hydrogen-bond acceptors (Lipinski definition) is 4. The molecule has 29 heavy (non-hydrogen) atoms. The van der Waals surface area contributed by atoms with Gasteiger partial charge in [-0.1, -0.05) is 12.1 Å². The van der Waals surface area contributed by atoms with Crippen LogP contribution in [0.2, 0.25) is 0 Å². The van der Waals surface area contributed by atoms with E-state index in [1.54, 1.807) is 24.3 Å². The van der Waals surface area contributed by atoms with Gasteiger partial charge < -0.3 is 0 Å². The van der Waals surface area contributed by atoms with E-state index in [9.17, 15) is 14.5 Å². The summed E-state index contributed by atoms with van der Waals surface area (Å²) in [6.45, 7) is 4.05. The Morgan fingerprint density at radius 3 is 2.07 bits per heavy atom. The average molecular weight is 387 g/mol. The number of nitro benzene ring substituents is 1. The molecule has 0 bridgehead atoms. The van der Waals surface area contributed by atoms with Crippen LogP contribution in [0.15, 0.2) is 60.7 Å². The zero-order valence-corrected chi connectivity index (χ0v) is 16.0. The number of rotatable bonds is 4. The SMILES string of the molecule is Cc1cc2nc(Cc3ccc([N+](=O)[O-])cc3)c(-c3ccc(F)cc3)nc2cc1C. The van der Waals surface area contributed by atoms with Crippen LogP contribution in [-0.4, -0.2) is 14.9 Å². The van der Waals surface area contributed by atoms with Crippen molar-refractivity contribution in [2.45, 2.75) is 20.3 Å². The number of benzene rings is 3. The molecule has 0 fully saturated rings. The summed E-state index contributed by atoms with van der Waals surface area (Å²) in [6.07, 6.45) is 0.459. The molecule has 0 spiro atoms. The minimum absolute atomic E-state index is 0.0446. The van der Waals surface area contributed by atoms with Crippen LogP contribution in [0.25, 0.3) is 22.3 Å². The average Bonchev–Trinajstić information content (AvgIpc) is 2.70. The van der Waals surface area contributed by atoms with E-state index in [1.807, 2.05) is 26.0 Å². The molecular formula is C23H18FN3O2. The zero-order chi connectivity index (χ0) is 20.5. The molecule has 4 aromatic rings. The molecule has 0 aliphatic carbocycles. The molecular weight excluding hydrogens is 369 g/mol. The molecule has 5 nitrogen and oxygen atoms in total. The summed E-state index contributed by atoms with van der Waals surface area (Å²) in [4.78, 5) is 20.1. The van der Waals surface area contributed by atoms with Crippen molar-refractivity contribution in [3.05, 3.63) is 99.0 Å². The molecule has 0 aliphatic rings. The number of nitro groups is 1. The zero-order valence-electron chi connectivity index (χ0n) is 16.0. The first-order valence-electron chi connectivity index (χ1n) is 9.18. The quantitative estimate of drug-likeness (QED) is 0.340. The highest BCUT2D eigenvalue weighted by Crippen LogP contribution is 2.27. The van der Waals surface area contributed by atoms with E-state index in [0.29, 0.717) is 12.1 Å². The minimum atomic E-state index is -0.422. The van der Waals surface area contributed by atoms with Crippen LogP contribution in [0.5, 0.6) is 0 Å². The molecule has 1 aromatic heterocycles. The summed E-state index contributed by atoms with van der Waals surface area (Å²) in [5.74, 6) is -0.314. The standard InChI is InChI=1S/C23H18FN3O2/c1-14-11-20-21(12-15(14)2)26-23(17-5-7-18(24)8-6-17)22(25-20)13-16-3-9-19(10-4-16)27(28)29/h3-12H,13H2,1-2H3. The fourth-order valence-electron chi connectivity index (χ4n) is 3.24. The second kappa shape index (κ2) is 7.39. The van der Waals surface area contributed by atoms with Gasteiger partial charge in [-0.2, -0.15) is 0 Å². The van der Waals surface area contributed by atoms with E-state index in [-0.39, 0.29) is 11.5 Å². The lowest BCUT2D eigenvalue weighted by atomic mass is 10.0. The topological polar surface area (TPSA) is 68.9 Å². The molecule has 0 saturated heterocycles. The molecule has 0 saturated carbocycles. The molecule has 0 unspecified atom stereocenters.